The predicted molar refractivity (Wildman–Crippen MR) is 141 cm³/mol. The Morgan fingerprint density at radius 1 is 1.00 bits per heavy atom. The summed E-state index contributed by atoms with van der Waals surface area (Å²) < 4.78 is 43.6. The second kappa shape index (κ2) is 12.5. The molecule has 0 saturated heterocycles. The smallest absolute Gasteiger partial charge is 0.262 e. The molecule has 0 aliphatic carbocycles. The number of ether oxygens (including phenoxy) is 1. The van der Waals surface area contributed by atoms with Crippen molar-refractivity contribution in [2.45, 2.75) is 0 Å². The topological polar surface area (TPSA) is 117 Å². The molecule has 2 N–H and O–H groups in total. The Labute approximate surface area is 222 Å². The van der Waals surface area contributed by atoms with E-state index < -0.39 is 34.2 Å². The lowest BCUT2D eigenvalue weighted by atomic mass is 10.2. The van der Waals surface area contributed by atoms with Crippen LogP contribution in [0.3, 0.4) is 0 Å². The number of carbonyl (C=O) groups excluding carboxylic acids is 2. The van der Waals surface area contributed by atoms with Gasteiger partial charge in [0.05, 0.1) is 28.2 Å². The summed E-state index contributed by atoms with van der Waals surface area (Å²) in [7, 11) is -3.79. The summed E-state index contributed by atoms with van der Waals surface area (Å²) in [6.07, 6.45) is 2.31. The van der Waals surface area contributed by atoms with Crippen LogP contribution in [0, 0.1) is 5.82 Å². The zero-order valence-corrected chi connectivity index (χ0v) is 21.6. The molecule has 9 nitrogen and oxygen atoms in total. The van der Waals surface area contributed by atoms with Crippen molar-refractivity contribution in [3.8, 4) is 5.75 Å². The van der Waals surface area contributed by atoms with E-state index in [4.69, 9.17) is 27.9 Å². The third-order valence-electron chi connectivity index (χ3n) is 4.66. The number of carbonyl (C=O) groups is 2. The fourth-order valence-corrected chi connectivity index (χ4v) is 4.05. The number of sulfonamides is 1. The monoisotopic (exact) mass is 566 g/mol. The van der Waals surface area contributed by atoms with E-state index in [9.17, 15) is 22.4 Å². The van der Waals surface area contributed by atoms with E-state index in [2.05, 4.69) is 15.8 Å². The summed E-state index contributed by atoms with van der Waals surface area (Å²) in [5.41, 5.74) is 3.50. The molecule has 0 aliphatic heterocycles. The van der Waals surface area contributed by atoms with Gasteiger partial charge in [-0.1, -0.05) is 23.2 Å². The number of rotatable bonds is 10. The van der Waals surface area contributed by atoms with Gasteiger partial charge in [-0.25, -0.2) is 18.2 Å². The van der Waals surface area contributed by atoms with E-state index >= 15 is 0 Å². The fourth-order valence-electron chi connectivity index (χ4n) is 2.91. The lowest BCUT2D eigenvalue weighted by Gasteiger charge is -2.21. The van der Waals surface area contributed by atoms with E-state index in [1.54, 1.807) is 24.3 Å². The first-order chi connectivity index (χ1) is 17.5. The number of nitrogens with one attached hydrogen (secondary N) is 2. The van der Waals surface area contributed by atoms with Crippen molar-refractivity contribution < 1.29 is 27.1 Å². The Morgan fingerprint density at radius 2 is 1.68 bits per heavy atom. The van der Waals surface area contributed by atoms with E-state index in [1.165, 1.54) is 48.7 Å². The highest BCUT2D eigenvalue weighted by atomic mass is 35.5. The highest BCUT2D eigenvalue weighted by Crippen LogP contribution is 2.28. The Hall–Kier alpha value is -3.67. The van der Waals surface area contributed by atoms with Gasteiger partial charge < -0.3 is 10.1 Å². The van der Waals surface area contributed by atoms with Crippen molar-refractivity contribution in [3.63, 3.8) is 0 Å². The molecule has 0 fully saturated rings. The van der Waals surface area contributed by atoms with Gasteiger partial charge in [0, 0.05) is 5.69 Å². The van der Waals surface area contributed by atoms with E-state index in [1.807, 2.05) is 0 Å². The summed E-state index contributed by atoms with van der Waals surface area (Å²) in [5, 5.41) is 6.81. The maximum absolute atomic E-state index is 12.9. The van der Waals surface area contributed by atoms with E-state index in [-0.39, 0.29) is 22.3 Å². The zero-order valence-electron chi connectivity index (χ0n) is 19.3. The van der Waals surface area contributed by atoms with Gasteiger partial charge in [-0.05, 0) is 72.3 Å². The number of hydrogen-bond donors (Lipinski definition) is 2. The first-order valence-corrected chi connectivity index (χ1v) is 13.1. The molecule has 0 radical (unpaired) electrons. The minimum atomic E-state index is -3.79. The first kappa shape index (κ1) is 27.9. The van der Waals surface area contributed by atoms with Crippen molar-refractivity contribution in [2.75, 3.05) is 29.0 Å². The molecule has 194 valence electrons. The average Bonchev–Trinajstić information content (AvgIpc) is 2.84. The molecule has 0 unspecified atom stereocenters. The molecule has 0 atom stereocenters. The normalized spacial score (nSPS) is 11.2. The number of hydrogen-bond acceptors (Lipinski definition) is 6. The molecule has 0 heterocycles. The molecule has 0 aliphatic rings. The summed E-state index contributed by atoms with van der Waals surface area (Å²) >= 11 is 11.8. The molecule has 0 spiro atoms. The Kier molecular flexibility index (Phi) is 9.45. The minimum Gasteiger partial charge on any atom is -0.484 e. The summed E-state index contributed by atoms with van der Waals surface area (Å²) in [6, 6.07) is 16.0. The van der Waals surface area contributed by atoms with E-state index in [0.29, 0.717) is 17.0 Å². The SMILES string of the molecule is CS(=O)(=O)N(CC(=O)N/N=C/c1ccc(OCC(=O)Nc2ccc(F)cc2)cc1)c1ccc(Cl)c(Cl)c1. The van der Waals surface area contributed by atoms with Crippen LogP contribution < -0.4 is 19.8 Å². The van der Waals surface area contributed by atoms with Crippen molar-refractivity contribution in [3.05, 3.63) is 88.2 Å². The molecular formula is C24H21Cl2FN4O5S. The van der Waals surface area contributed by atoms with Gasteiger partial charge in [-0.2, -0.15) is 5.10 Å². The largest absolute Gasteiger partial charge is 0.484 e. The number of hydrazone groups is 1. The lowest BCUT2D eigenvalue weighted by molar-refractivity contribution is -0.119. The van der Waals surface area contributed by atoms with Crippen LogP contribution in [0.2, 0.25) is 10.0 Å². The second-order valence-corrected chi connectivity index (χ2v) is 10.3. The van der Waals surface area contributed by atoms with Gasteiger partial charge in [0.1, 0.15) is 18.1 Å². The van der Waals surface area contributed by atoms with Gasteiger partial charge in [0.15, 0.2) is 6.61 Å². The van der Waals surface area contributed by atoms with Crippen LogP contribution in [0.5, 0.6) is 5.75 Å². The van der Waals surface area contributed by atoms with Crippen molar-refractivity contribution in [1.82, 2.24) is 5.43 Å². The molecule has 2 amide bonds. The van der Waals surface area contributed by atoms with Crippen molar-refractivity contribution in [2.24, 2.45) is 5.10 Å². The third-order valence-corrected chi connectivity index (χ3v) is 6.54. The van der Waals surface area contributed by atoms with Crippen LogP contribution in [0.4, 0.5) is 15.8 Å². The Balaban J connectivity index is 1.50. The molecule has 3 aromatic rings. The van der Waals surface area contributed by atoms with Crippen molar-refractivity contribution >= 4 is 62.6 Å². The second-order valence-electron chi connectivity index (χ2n) is 7.57. The van der Waals surface area contributed by atoms with Gasteiger partial charge in [-0.3, -0.25) is 13.9 Å². The molecule has 0 aromatic heterocycles. The highest BCUT2D eigenvalue weighted by molar-refractivity contribution is 7.92. The molecule has 3 aromatic carbocycles. The summed E-state index contributed by atoms with van der Waals surface area (Å²) in [5.74, 6) is -1.08. The van der Waals surface area contributed by atoms with Gasteiger partial charge in [-0.15, -0.1) is 0 Å². The molecular weight excluding hydrogens is 546 g/mol. The van der Waals surface area contributed by atoms with Crippen LogP contribution >= 0.6 is 23.2 Å². The van der Waals surface area contributed by atoms with Crippen LogP contribution in [0.15, 0.2) is 71.8 Å². The highest BCUT2D eigenvalue weighted by Gasteiger charge is 2.21. The Bertz CT molecular complexity index is 1400. The molecule has 0 saturated carbocycles. The minimum absolute atomic E-state index is 0.146. The fraction of sp³-hybridized carbons (Fsp3) is 0.125. The number of amides is 2. The van der Waals surface area contributed by atoms with Gasteiger partial charge in [0.2, 0.25) is 10.0 Å². The standard InChI is InChI=1S/C24H21Cl2FN4O5S/c1-37(34,35)31(19-8-11-21(25)22(26)12-19)14-23(32)30-28-13-16-2-9-20(10-3-16)36-15-24(33)29-18-6-4-17(27)5-7-18/h2-13H,14-15H2,1H3,(H,29,33)(H,30,32)/b28-13+. The third kappa shape index (κ3) is 8.74. The molecule has 0 bridgehead atoms. The van der Waals surface area contributed by atoms with Gasteiger partial charge >= 0.3 is 0 Å². The maximum atomic E-state index is 12.9. The lowest BCUT2D eigenvalue weighted by Crippen LogP contribution is -2.39. The molecule has 13 heteroatoms. The van der Waals surface area contributed by atoms with Crippen LogP contribution in [-0.4, -0.2) is 45.9 Å². The number of nitrogens with zero attached hydrogens (tertiary/aromatic N) is 2. The number of benzene rings is 3. The van der Waals surface area contributed by atoms with Crippen LogP contribution in [0.25, 0.3) is 0 Å². The summed E-state index contributed by atoms with van der Waals surface area (Å²) in [4.78, 5) is 24.3. The molecule has 3 rings (SSSR count). The predicted octanol–water partition coefficient (Wildman–Crippen LogP) is 4.07. The first-order valence-electron chi connectivity index (χ1n) is 10.5. The quantitative estimate of drug-likeness (QED) is 0.283. The van der Waals surface area contributed by atoms with E-state index in [0.717, 1.165) is 10.6 Å². The maximum Gasteiger partial charge on any atom is 0.262 e. The van der Waals surface area contributed by atoms with Crippen molar-refractivity contribution in [1.29, 1.82) is 0 Å². The Morgan fingerprint density at radius 3 is 2.30 bits per heavy atom. The summed E-state index contributed by atoms with van der Waals surface area (Å²) in [6.45, 7) is -0.780. The van der Waals surface area contributed by atoms with Crippen LogP contribution in [-0.2, 0) is 19.6 Å². The average molecular weight is 567 g/mol. The van der Waals surface area contributed by atoms with Crippen LogP contribution in [0.1, 0.15) is 5.56 Å². The molecule has 37 heavy (non-hydrogen) atoms. The zero-order chi connectivity index (χ0) is 27.0. The number of halogens is 3. The van der Waals surface area contributed by atoms with Gasteiger partial charge in [0.25, 0.3) is 11.8 Å². The number of anilines is 2.